The number of hydrogen-bond acceptors (Lipinski definition) is 4. The highest BCUT2D eigenvalue weighted by Crippen LogP contribution is 2.55. The first-order valence-corrected chi connectivity index (χ1v) is 7.78. The fourth-order valence-electron chi connectivity index (χ4n) is 2.66. The zero-order chi connectivity index (χ0) is 17.0. The van der Waals surface area contributed by atoms with Crippen molar-refractivity contribution in [1.82, 2.24) is 0 Å². The molecule has 122 valence electrons. The lowest BCUT2D eigenvalue weighted by Crippen LogP contribution is -2.33. The predicted octanol–water partition coefficient (Wildman–Crippen LogP) is 3.53. The second-order valence-electron chi connectivity index (χ2n) is 5.78. The Hall–Kier alpha value is -2.88. The average Bonchev–Trinajstić information content (AvgIpc) is 3.37. The molecule has 0 aliphatic heterocycles. The Morgan fingerprint density at radius 2 is 1.67 bits per heavy atom. The van der Waals surface area contributed by atoms with Crippen molar-refractivity contribution in [3.63, 3.8) is 0 Å². The van der Waals surface area contributed by atoms with Crippen LogP contribution in [0.3, 0.4) is 0 Å². The van der Waals surface area contributed by atoms with Gasteiger partial charge in [0, 0.05) is 5.92 Å². The molecule has 1 saturated carbocycles. The lowest BCUT2D eigenvalue weighted by molar-refractivity contribution is -0.161. The molecule has 0 bridgehead atoms. The molecule has 2 atom stereocenters. The van der Waals surface area contributed by atoms with Crippen LogP contribution in [-0.2, 0) is 20.9 Å². The van der Waals surface area contributed by atoms with Crippen LogP contribution < -0.4 is 4.74 Å². The van der Waals surface area contributed by atoms with E-state index < -0.39 is 17.4 Å². The van der Waals surface area contributed by atoms with Crippen LogP contribution in [0.2, 0.25) is 0 Å². The summed E-state index contributed by atoms with van der Waals surface area (Å²) < 4.78 is 10.7. The highest BCUT2D eigenvalue weighted by atomic mass is 16.6. The van der Waals surface area contributed by atoms with Gasteiger partial charge in [-0.1, -0.05) is 54.6 Å². The van der Waals surface area contributed by atoms with Gasteiger partial charge in [-0.15, -0.1) is 6.58 Å². The van der Waals surface area contributed by atoms with Gasteiger partial charge >= 0.3 is 11.9 Å². The fourth-order valence-corrected chi connectivity index (χ4v) is 2.66. The van der Waals surface area contributed by atoms with E-state index in [1.165, 1.54) is 0 Å². The largest absolute Gasteiger partial charge is 0.460 e. The fraction of sp³-hybridized carbons (Fsp3) is 0.200. The summed E-state index contributed by atoms with van der Waals surface area (Å²) in [6.07, 6.45) is 1.98. The summed E-state index contributed by atoms with van der Waals surface area (Å²) in [4.78, 5) is 25.1. The molecule has 0 spiro atoms. The number of carbonyl (C=O) groups excluding carboxylic acids is 2. The smallest absolute Gasteiger partial charge is 0.329 e. The second-order valence-corrected chi connectivity index (χ2v) is 5.78. The molecule has 4 heteroatoms. The summed E-state index contributed by atoms with van der Waals surface area (Å²) >= 11 is 0. The molecule has 1 aliphatic rings. The summed E-state index contributed by atoms with van der Waals surface area (Å²) in [6, 6.07) is 18.0. The molecule has 4 nitrogen and oxygen atoms in total. The number of para-hydroxylation sites is 1. The molecular formula is C20H18O4. The Morgan fingerprint density at radius 3 is 2.25 bits per heavy atom. The lowest BCUT2D eigenvalue weighted by Gasteiger charge is -2.15. The van der Waals surface area contributed by atoms with Crippen molar-refractivity contribution in [2.45, 2.75) is 13.0 Å². The SMILES string of the molecule is C=CC1CC1(C(=O)OCc1ccccc1)C(=O)Oc1ccccc1. The van der Waals surface area contributed by atoms with Crippen molar-refractivity contribution in [2.75, 3.05) is 0 Å². The van der Waals surface area contributed by atoms with Gasteiger partial charge in [0.15, 0.2) is 5.41 Å². The number of hydrogen-bond donors (Lipinski definition) is 0. The van der Waals surface area contributed by atoms with E-state index in [1.54, 1.807) is 30.3 Å². The summed E-state index contributed by atoms with van der Waals surface area (Å²) in [5, 5.41) is 0. The van der Waals surface area contributed by atoms with Crippen LogP contribution in [0.15, 0.2) is 73.3 Å². The van der Waals surface area contributed by atoms with Gasteiger partial charge in [0.25, 0.3) is 0 Å². The Morgan fingerprint density at radius 1 is 1.04 bits per heavy atom. The van der Waals surface area contributed by atoms with Crippen LogP contribution in [0.4, 0.5) is 0 Å². The molecular weight excluding hydrogens is 304 g/mol. The van der Waals surface area contributed by atoms with Crippen molar-refractivity contribution < 1.29 is 19.1 Å². The molecule has 1 aliphatic carbocycles. The van der Waals surface area contributed by atoms with E-state index in [9.17, 15) is 9.59 Å². The quantitative estimate of drug-likeness (QED) is 0.353. The van der Waals surface area contributed by atoms with Crippen LogP contribution >= 0.6 is 0 Å². The molecule has 0 N–H and O–H groups in total. The molecule has 2 aromatic carbocycles. The lowest BCUT2D eigenvalue weighted by atomic mass is 10.0. The van der Waals surface area contributed by atoms with Gasteiger partial charge in [-0.25, -0.2) is 0 Å². The minimum Gasteiger partial charge on any atom is -0.460 e. The van der Waals surface area contributed by atoms with Crippen LogP contribution in [0.25, 0.3) is 0 Å². The summed E-state index contributed by atoms with van der Waals surface area (Å²) in [7, 11) is 0. The minimum absolute atomic E-state index is 0.129. The molecule has 2 unspecified atom stereocenters. The Kier molecular flexibility index (Phi) is 4.47. The molecule has 0 amide bonds. The van der Waals surface area contributed by atoms with Crippen LogP contribution in [0, 0.1) is 11.3 Å². The molecule has 0 heterocycles. The van der Waals surface area contributed by atoms with E-state index in [0.717, 1.165) is 5.56 Å². The number of ether oxygens (including phenoxy) is 2. The van der Waals surface area contributed by atoms with Crippen molar-refractivity contribution >= 4 is 11.9 Å². The first-order valence-electron chi connectivity index (χ1n) is 7.78. The van der Waals surface area contributed by atoms with Gasteiger partial charge in [0.05, 0.1) is 0 Å². The molecule has 0 saturated heterocycles. The Balaban J connectivity index is 1.70. The molecule has 24 heavy (non-hydrogen) atoms. The number of carbonyl (C=O) groups is 2. The highest BCUT2D eigenvalue weighted by molar-refractivity contribution is 6.05. The topological polar surface area (TPSA) is 52.6 Å². The van der Waals surface area contributed by atoms with E-state index in [2.05, 4.69) is 6.58 Å². The first kappa shape index (κ1) is 16.0. The van der Waals surface area contributed by atoms with E-state index >= 15 is 0 Å². The van der Waals surface area contributed by atoms with Crippen LogP contribution in [0.5, 0.6) is 5.75 Å². The van der Waals surface area contributed by atoms with E-state index in [4.69, 9.17) is 9.47 Å². The Labute approximate surface area is 140 Å². The molecule has 3 rings (SSSR count). The maximum atomic E-state index is 12.5. The number of allylic oxidation sites excluding steroid dienone is 1. The molecule has 0 radical (unpaired) electrons. The van der Waals surface area contributed by atoms with Gasteiger partial charge in [0.2, 0.25) is 0 Å². The Bertz CT molecular complexity index is 739. The second kappa shape index (κ2) is 6.71. The van der Waals surface area contributed by atoms with Crippen LogP contribution in [-0.4, -0.2) is 11.9 Å². The van der Waals surface area contributed by atoms with Crippen LogP contribution in [0.1, 0.15) is 12.0 Å². The molecule has 1 fully saturated rings. The monoisotopic (exact) mass is 322 g/mol. The number of benzene rings is 2. The summed E-state index contributed by atoms with van der Waals surface area (Å²) in [5.74, 6) is -0.988. The first-order chi connectivity index (χ1) is 11.7. The third kappa shape index (κ3) is 3.08. The van der Waals surface area contributed by atoms with E-state index in [1.807, 2.05) is 36.4 Å². The normalized spacial score (nSPS) is 21.6. The highest BCUT2D eigenvalue weighted by Gasteiger charge is 2.67. The van der Waals surface area contributed by atoms with Gasteiger partial charge in [-0.3, -0.25) is 9.59 Å². The number of esters is 2. The molecule has 2 aromatic rings. The maximum absolute atomic E-state index is 12.5. The third-order valence-corrected chi connectivity index (χ3v) is 4.19. The standard InChI is InChI=1S/C20H18O4/c1-2-16-13-20(16,19(22)24-17-11-7-4-8-12-17)18(21)23-14-15-9-5-3-6-10-15/h2-12,16H,1,13-14H2. The van der Waals surface area contributed by atoms with Gasteiger partial charge in [-0.2, -0.15) is 0 Å². The van der Waals surface area contributed by atoms with Crippen molar-refractivity contribution in [1.29, 1.82) is 0 Å². The molecule has 0 aromatic heterocycles. The van der Waals surface area contributed by atoms with Gasteiger partial charge in [-0.05, 0) is 24.1 Å². The van der Waals surface area contributed by atoms with Gasteiger partial charge < -0.3 is 9.47 Å². The van der Waals surface area contributed by atoms with Crippen molar-refractivity contribution in [2.24, 2.45) is 11.3 Å². The predicted molar refractivity (Wildman–Crippen MR) is 89.1 cm³/mol. The van der Waals surface area contributed by atoms with Gasteiger partial charge in [0.1, 0.15) is 12.4 Å². The summed E-state index contributed by atoms with van der Waals surface area (Å²) in [5.41, 5.74) is -0.403. The average molecular weight is 322 g/mol. The van der Waals surface area contributed by atoms with E-state index in [-0.39, 0.29) is 12.5 Å². The zero-order valence-electron chi connectivity index (χ0n) is 13.2. The van der Waals surface area contributed by atoms with Crippen molar-refractivity contribution in [3.8, 4) is 5.75 Å². The zero-order valence-corrected chi connectivity index (χ0v) is 13.2. The maximum Gasteiger partial charge on any atom is 0.329 e. The minimum atomic E-state index is -1.27. The number of rotatable bonds is 6. The van der Waals surface area contributed by atoms with E-state index in [0.29, 0.717) is 12.2 Å². The van der Waals surface area contributed by atoms with Crippen molar-refractivity contribution in [3.05, 3.63) is 78.9 Å². The third-order valence-electron chi connectivity index (χ3n) is 4.19. The summed E-state index contributed by atoms with van der Waals surface area (Å²) in [6.45, 7) is 3.82.